The number of rotatable bonds is 3. The third kappa shape index (κ3) is 6.58. The quantitative estimate of drug-likeness (QED) is 0.0839. The van der Waals surface area contributed by atoms with Crippen LogP contribution in [-0.4, -0.2) is 101 Å². The summed E-state index contributed by atoms with van der Waals surface area (Å²) in [5.41, 5.74) is -3.24. The first-order chi connectivity index (χ1) is 31.2. The van der Waals surface area contributed by atoms with E-state index in [0.29, 0.717) is 18.2 Å². The van der Waals surface area contributed by atoms with Crippen LogP contribution in [0.4, 0.5) is 0 Å². The van der Waals surface area contributed by atoms with Crippen LogP contribution in [-0.2, 0) is 15.9 Å². The van der Waals surface area contributed by atoms with Gasteiger partial charge >= 0.3 is 11.9 Å². The van der Waals surface area contributed by atoms with E-state index in [9.17, 15) is 86.2 Å². The van der Waals surface area contributed by atoms with Gasteiger partial charge in [-0.05, 0) is 42.5 Å². The predicted molar refractivity (Wildman–Crippen MR) is 214 cm³/mol. The second-order valence-corrected chi connectivity index (χ2v) is 15.3. The number of carbonyl (C=O) groups excluding carboxylic acids is 2. The Hall–Kier alpha value is -9.34. The zero-order chi connectivity index (χ0) is 47.4. The fourth-order valence-corrected chi connectivity index (χ4v) is 8.22. The van der Waals surface area contributed by atoms with Gasteiger partial charge in [-0.3, -0.25) is 0 Å². The zero-order valence-electron chi connectivity index (χ0n) is 32.9. The van der Waals surface area contributed by atoms with Crippen LogP contribution in [0.25, 0.3) is 0 Å². The molecule has 8 bridgehead atoms. The Balaban J connectivity index is 1.40. The van der Waals surface area contributed by atoms with Crippen LogP contribution in [0.2, 0.25) is 0 Å². The molecule has 6 aromatic rings. The maximum atomic E-state index is 14.3. The maximum absolute atomic E-state index is 14.3. The SMILES string of the molecule is O=C(O[C@@H]1C2c3c(O)cc(O)cc3O[C@@H]1c1cc(O)c(O)c(O)c1Oc1cc(cc(O)c1O)C(=O)O[C@@H]1Cc3c(O)cc(O)c2c3O[C@@H]1c1cc(O)c(O)c(O)c1)c1cc(O)c(O)c(O)c1. The first-order valence-corrected chi connectivity index (χ1v) is 19.1. The average Bonchev–Trinajstić information content (AvgIpc) is 3.25. The number of aromatic hydroxyl groups is 15. The summed E-state index contributed by atoms with van der Waals surface area (Å²) in [6, 6.07) is 7.99. The first kappa shape index (κ1) is 42.0. The topological polar surface area (TPSA) is 384 Å². The number of ether oxygens (including phenoxy) is 5. The second-order valence-electron chi connectivity index (χ2n) is 15.3. The van der Waals surface area contributed by atoms with E-state index in [0.717, 1.165) is 42.5 Å². The van der Waals surface area contributed by atoms with Gasteiger partial charge < -0.3 is 100 Å². The van der Waals surface area contributed by atoms with E-state index in [2.05, 4.69) is 0 Å². The van der Waals surface area contributed by atoms with Gasteiger partial charge in [0.25, 0.3) is 0 Å². The van der Waals surface area contributed by atoms with E-state index in [1.807, 2.05) is 0 Å². The van der Waals surface area contributed by atoms with E-state index in [4.69, 9.17) is 23.7 Å². The molecule has 66 heavy (non-hydrogen) atoms. The van der Waals surface area contributed by atoms with Crippen molar-refractivity contribution in [2.75, 3.05) is 0 Å². The third-order valence-corrected chi connectivity index (χ3v) is 11.2. The van der Waals surface area contributed by atoms with Crippen LogP contribution in [0.3, 0.4) is 0 Å². The highest BCUT2D eigenvalue weighted by Gasteiger charge is 2.51. The molecule has 0 spiro atoms. The van der Waals surface area contributed by atoms with Gasteiger partial charge in [0.05, 0.1) is 17.0 Å². The number of phenols is 15. The Morgan fingerprint density at radius 1 is 0.515 bits per heavy atom. The molecule has 4 aliphatic heterocycles. The molecule has 15 N–H and O–H groups in total. The van der Waals surface area contributed by atoms with E-state index in [-0.39, 0.29) is 11.1 Å². The van der Waals surface area contributed by atoms with Crippen molar-refractivity contribution in [2.24, 2.45) is 0 Å². The minimum absolute atomic E-state index is 0.216. The molecule has 0 radical (unpaired) electrons. The largest absolute Gasteiger partial charge is 0.508 e. The lowest BCUT2D eigenvalue weighted by molar-refractivity contribution is -0.0309. The molecule has 0 saturated carbocycles. The summed E-state index contributed by atoms with van der Waals surface area (Å²) in [6.45, 7) is 0. The molecule has 22 heteroatoms. The molecule has 0 saturated heterocycles. The molecule has 0 aliphatic carbocycles. The number of hydrogen-bond acceptors (Lipinski definition) is 22. The summed E-state index contributed by atoms with van der Waals surface area (Å²) >= 11 is 0. The van der Waals surface area contributed by atoms with Gasteiger partial charge in [-0.15, -0.1) is 0 Å². The van der Waals surface area contributed by atoms with Crippen LogP contribution in [0.1, 0.15) is 66.7 Å². The first-order valence-electron chi connectivity index (χ1n) is 19.1. The normalized spacial score (nSPS) is 19.3. The Kier molecular flexibility index (Phi) is 9.48. The Morgan fingerprint density at radius 2 is 1.12 bits per heavy atom. The fourth-order valence-electron chi connectivity index (χ4n) is 8.22. The number of phenolic OH excluding ortho intramolecular Hbond substituents is 15. The van der Waals surface area contributed by atoms with Gasteiger partial charge in [0.1, 0.15) is 40.6 Å². The van der Waals surface area contributed by atoms with Gasteiger partial charge in [-0.1, -0.05) is 0 Å². The molecule has 22 nitrogen and oxygen atoms in total. The molecule has 340 valence electrons. The van der Waals surface area contributed by atoms with Gasteiger partial charge in [0.2, 0.25) is 17.2 Å². The van der Waals surface area contributed by atoms with Crippen LogP contribution in [0.15, 0.2) is 60.7 Å². The van der Waals surface area contributed by atoms with E-state index >= 15 is 0 Å². The lowest BCUT2D eigenvalue weighted by atomic mass is 9.77. The predicted octanol–water partition coefficient (Wildman–Crippen LogP) is 4.77. The molecule has 4 heterocycles. The van der Waals surface area contributed by atoms with Crippen molar-refractivity contribution in [3.05, 3.63) is 99.6 Å². The molecule has 1 unspecified atom stereocenters. The molecule has 0 aromatic heterocycles. The average molecular weight is 913 g/mol. The lowest BCUT2D eigenvalue weighted by Crippen LogP contribution is -2.40. The van der Waals surface area contributed by atoms with E-state index < -0.39 is 186 Å². The molecule has 0 fully saturated rings. The monoisotopic (exact) mass is 912 g/mol. The molecular formula is C44H32O22. The van der Waals surface area contributed by atoms with Crippen molar-refractivity contribution in [1.29, 1.82) is 0 Å². The highest BCUT2D eigenvalue weighted by molar-refractivity contribution is 5.92. The Labute approximate surface area is 366 Å². The summed E-state index contributed by atoms with van der Waals surface area (Å²) in [7, 11) is 0. The number of benzene rings is 6. The van der Waals surface area contributed by atoms with Crippen LogP contribution in [0.5, 0.6) is 109 Å². The minimum Gasteiger partial charge on any atom is -0.508 e. The highest BCUT2D eigenvalue weighted by Crippen LogP contribution is 2.61. The van der Waals surface area contributed by atoms with Crippen LogP contribution >= 0.6 is 0 Å². The summed E-state index contributed by atoms with van der Waals surface area (Å²) < 4.78 is 30.5. The van der Waals surface area contributed by atoms with E-state index in [1.165, 1.54) is 0 Å². The standard InChI is InChI=1S/C44H32O22/c45-15-7-19(47)30-27(8-15)62-41-17-9-26(54)36(58)37(59)40(17)63-28-6-14(5-25(53)35(28)57)43(60)64-29-10-16-18(46)11-20(48)31(39(16)65-38(29)12-1-21(49)33(55)22(50)2-12)32(30)42(41)66-44(61)13-3-23(51)34(56)24(52)4-13/h1-9,11,29,32,38,41-42,45-59H,10H2/t29-,32?,38-,41-,42-/m1/s1. The lowest BCUT2D eigenvalue weighted by Gasteiger charge is -2.42. The Morgan fingerprint density at radius 3 is 1.79 bits per heavy atom. The van der Waals surface area contributed by atoms with Gasteiger partial charge in [-0.25, -0.2) is 9.59 Å². The number of carbonyl (C=O) groups is 2. The van der Waals surface area contributed by atoms with Crippen molar-refractivity contribution in [2.45, 2.75) is 36.8 Å². The van der Waals surface area contributed by atoms with Crippen LogP contribution in [0, 0.1) is 0 Å². The second kappa shape index (κ2) is 14.9. The van der Waals surface area contributed by atoms with Crippen LogP contribution < -0.4 is 14.2 Å². The van der Waals surface area contributed by atoms with E-state index in [1.54, 1.807) is 0 Å². The third-order valence-electron chi connectivity index (χ3n) is 11.2. The zero-order valence-corrected chi connectivity index (χ0v) is 32.9. The summed E-state index contributed by atoms with van der Waals surface area (Å²) in [6.07, 6.45) is -8.11. The molecule has 0 amide bonds. The fraction of sp³-hybridized carbons (Fsp3) is 0.136. The number of esters is 2. The smallest absolute Gasteiger partial charge is 0.338 e. The summed E-state index contributed by atoms with van der Waals surface area (Å²) in [5.74, 6) is -22.1. The molecule has 5 atom stereocenters. The highest BCUT2D eigenvalue weighted by atomic mass is 16.6. The van der Waals surface area contributed by atoms with Crippen molar-refractivity contribution in [3.8, 4) is 109 Å². The summed E-state index contributed by atoms with van der Waals surface area (Å²) in [5, 5.41) is 163. The molecular weight excluding hydrogens is 880 g/mol. The van der Waals surface area contributed by atoms with Crippen molar-refractivity contribution in [3.63, 3.8) is 0 Å². The number of fused-ring (bicyclic) bond motifs is 3. The number of hydrogen-bond donors (Lipinski definition) is 15. The molecule has 6 aromatic carbocycles. The van der Waals surface area contributed by atoms with Gasteiger partial charge in [-0.2, -0.15) is 0 Å². The minimum atomic E-state index is -2.15. The van der Waals surface area contributed by atoms with Gasteiger partial charge in [0, 0.05) is 52.4 Å². The van der Waals surface area contributed by atoms with Gasteiger partial charge in [0.15, 0.2) is 75.8 Å². The van der Waals surface area contributed by atoms with Crippen molar-refractivity contribution >= 4 is 11.9 Å². The van der Waals surface area contributed by atoms with Crippen molar-refractivity contribution in [1.82, 2.24) is 0 Å². The molecule has 4 aliphatic rings. The molecule has 10 rings (SSSR count). The summed E-state index contributed by atoms with van der Waals surface area (Å²) in [4.78, 5) is 28.3. The maximum Gasteiger partial charge on any atom is 0.338 e. The Bertz CT molecular complexity index is 3040. The van der Waals surface area contributed by atoms with Crippen molar-refractivity contribution < 1.29 is 110 Å².